The molecule has 1 heterocycles. The Hall–Kier alpha value is -0.0800. The standard InChI is InChI=1S/C8H15O2/c1-7(2)10-8-5-3-4-6-9-8/h8H,3-6H2,1-2H3/t8-/m1/s1. The van der Waals surface area contributed by atoms with Crippen LogP contribution in [0.15, 0.2) is 0 Å². The van der Waals surface area contributed by atoms with Crippen molar-refractivity contribution in [3.63, 3.8) is 0 Å². The number of hydrogen-bond donors (Lipinski definition) is 0. The molecule has 0 aromatic rings. The summed E-state index contributed by atoms with van der Waals surface area (Å²) in [7, 11) is 0. The first-order chi connectivity index (χ1) is 4.79. The van der Waals surface area contributed by atoms with E-state index in [1.807, 2.05) is 13.8 Å². The summed E-state index contributed by atoms with van der Waals surface area (Å²) in [6.45, 7) is 4.77. The predicted octanol–water partition coefficient (Wildman–Crippen LogP) is 2.10. The highest BCUT2D eigenvalue weighted by molar-refractivity contribution is 4.64. The first-order valence-electron chi connectivity index (χ1n) is 3.87. The molecule has 0 aromatic heterocycles. The van der Waals surface area contributed by atoms with Gasteiger partial charge >= 0.3 is 0 Å². The highest BCUT2D eigenvalue weighted by atomic mass is 16.7. The summed E-state index contributed by atoms with van der Waals surface area (Å²) >= 11 is 0. The van der Waals surface area contributed by atoms with Crippen LogP contribution in [0.25, 0.3) is 0 Å². The van der Waals surface area contributed by atoms with Gasteiger partial charge in [0.15, 0.2) is 6.29 Å². The third kappa shape index (κ3) is 2.67. The van der Waals surface area contributed by atoms with Crippen molar-refractivity contribution in [2.24, 2.45) is 0 Å². The Kier molecular flexibility index (Phi) is 3.16. The molecule has 59 valence electrons. The van der Waals surface area contributed by atoms with Crippen LogP contribution in [-0.2, 0) is 9.47 Å². The summed E-state index contributed by atoms with van der Waals surface area (Å²) in [5.41, 5.74) is 0. The smallest absolute Gasteiger partial charge is 0.158 e. The van der Waals surface area contributed by atoms with E-state index in [-0.39, 0.29) is 6.29 Å². The Balaban J connectivity index is 2.13. The van der Waals surface area contributed by atoms with Gasteiger partial charge in [-0.05, 0) is 33.1 Å². The molecule has 0 aromatic carbocycles. The van der Waals surface area contributed by atoms with Gasteiger partial charge in [-0.1, -0.05) is 0 Å². The van der Waals surface area contributed by atoms with Gasteiger partial charge in [-0.15, -0.1) is 0 Å². The van der Waals surface area contributed by atoms with Crippen LogP contribution in [0.3, 0.4) is 0 Å². The Morgan fingerprint density at radius 3 is 2.70 bits per heavy atom. The minimum absolute atomic E-state index is 0.0405. The van der Waals surface area contributed by atoms with Gasteiger partial charge < -0.3 is 9.47 Å². The van der Waals surface area contributed by atoms with E-state index in [1.54, 1.807) is 0 Å². The molecule has 0 N–H and O–H groups in total. The van der Waals surface area contributed by atoms with E-state index < -0.39 is 0 Å². The van der Waals surface area contributed by atoms with Crippen molar-refractivity contribution >= 4 is 0 Å². The second-order valence-corrected chi connectivity index (χ2v) is 2.82. The van der Waals surface area contributed by atoms with Gasteiger partial charge in [0.2, 0.25) is 0 Å². The molecule has 10 heavy (non-hydrogen) atoms. The van der Waals surface area contributed by atoms with Crippen LogP contribution < -0.4 is 0 Å². The fourth-order valence-corrected chi connectivity index (χ4v) is 1.07. The largest absolute Gasteiger partial charge is 0.353 e. The third-order valence-corrected chi connectivity index (χ3v) is 1.51. The first-order valence-corrected chi connectivity index (χ1v) is 3.87. The number of ether oxygens (including phenoxy) is 2. The Labute approximate surface area is 62.5 Å². The summed E-state index contributed by atoms with van der Waals surface area (Å²) in [5, 5.41) is 0. The van der Waals surface area contributed by atoms with E-state index in [0.29, 0.717) is 0 Å². The fourth-order valence-electron chi connectivity index (χ4n) is 1.07. The van der Waals surface area contributed by atoms with Crippen molar-refractivity contribution in [3.8, 4) is 0 Å². The van der Waals surface area contributed by atoms with Crippen molar-refractivity contribution in [1.82, 2.24) is 0 Å². The molecule has 1 aliphatic rings. The SMILES string of the molecule is C[C](C)O[C@@H]1CCCCO1. The zero-order valence-corrected chi connectivity index (χ0v) is 6.72. The normalized spacial score (nSPS) is 27.3. The number of rotatable bonds is 2. The Morgan fingerprint density at radius 2 is 2.20 bits per heavy atom. The summed E-state index contributed by atoms with van der Waals surface area (Å²) in [5.74, 6) is 0. The molecular weight excluding hydrogens is 128 g/mol. The van der Waals surface area contributed by atoms with Crippen LogP contribution in [-0.4, -0.2) is 12.9 Å². The monoisotopic (exact) mass is 143 g/mol. The molecule has 1 aliphatic heterocycles. The van der Waals surface area contributed by atoms with Gasteiger partial charge in [-0.3, -0.25) is 0 Å². The first kappa shape index (κ1) is 8.02. The third-order valence-electron chi connectivity index (χ3n) is 1.51. The van der Waals surface area contributed by atoms with Crippen molar-refractivity contribution < 1.29 is 9.47 Å². The van der Waals surface area contributed by atoms with Crippen LogP contribution in [0.2, 0.25) is 0 Å². The summed E-state index contributed by atoms with van der Waals surface area (Å²) in [4.78, 5) is 0. The predicted molar refractivity (Wildman–Crippen MR) is 39.3 cm³/mol. The zero-order valence-electron chi connectivity index (χ0n) is 6.72. The lowest BCUT2D eigenvalue weighted by Crippen LogP contribution is -2.22. The van der Waals surface area contributed by atoms with Crippen LogP contribution in [0, 0.1) is 6.10 Å². The van der Waals surface area contributed by atoms with Gasteiger partial charge in [0, 0.05) is 6.61 Å². The summed E-state index contributed by atoms with van der Waals surface area (Å²) in [6, 6.07) is 0. The molecular formula is C8H15O2. The minimum Gasteiger partial charge on any atom is -0.353 e. The van der Waals surface area contributed by atoms with Crippen molar-refractivity contribution in [2.75, 3.05) is 6.61 Å². The van der Waals surface area contributed by atoms with E-state index in [1.165, 1.54) is 12.8 Å². The highest BCUT2D eigenvalue weighted by Crippen LogP contribution is 2.16. The second kappa shape index (κ2) is 3.94. The van der Waals surface area contributed by atoms with Crippen LogP contribution in [0.1, 0.15) is 33.1 Å². The van der Waals surface area contributed by atoms with E-state index >= 15 is 0 Å². The average molecular weight is 143 g/mol. The van der Waals surface area contributed by atoms with Crippen molar-refractivity contribution in [3.05, 3.63) is 6.10 Å². The number of hydrogen-bond acceptors (Lipinski definition) is 2. The van der Waals surface area contributed by atoms with Gasteiger partial charge in [0.1, 0.15) is 0 Å². The second-order valence-electron chi connectivity index (χ2n) is 2.82. The molecule has 0 amide bonds. The molecule has 0 aliphatic carbocycles. The van der Waals surface area contributed by atoms with Crippen molar-refractivity contribution in [2.45, 2.75) is 39.4 Å². The summed E-state index contributed by atoms with van der Waals surface area (Å²) in [6.07, 6.45) is 4.50. The molecule has 2 nitrogen and oxygen atoms in total. The lowest BCUT2D eigenvalue weighted by molar-refractivity contribution is -0.154. The Morgan fingerprint density at radius 1 is 1.40 bits per heavy atom. The lowest BCUT2D eigenvalue weighted by atomic mass is 10.2. The topological polar surface area (TPSA) is 18.5 Å². The molecule has 1 radical (unpaired) electrons. The molecule has 0 saturated carbocycles. The maximum absolute atomic E-state index is 5.39. The maximum Gasteiger partial charge on any atom is 0.158 e. The average Bonchev–Trinajstić information content (AvgIpc) is 1.88. The molecule has 0 unspecified atom stereocenters. The molecule has 1 rings (SSSR count). The van der Waals surface area contributed by atoms with E-state index in [9.17, 15) is 0 Å². The zero-order chi connectivity index (χ0) is 7.40. The van der Waals surface area contributed by atoms with Gasteiger partial charge in [0.25, 0.3) is 0 Å². The quantitative estimate of drug-likeness (QED) is 0.589. The van der Waals surface area contributed by atoms with E-state index in [4.69, 9.17) is 9.47 Å². The summed E-state index contributed by atoms with van der Waals surface area (Å²) < 4.78 is 10.7. The van der Waals surface area contributed by atoms with Gasteiger partial charge in [-0.25, -0.2) is 0 Å². The van der Waals surface area contributed by atoms with Gasteiger partial charge in [0.05, 0.1) is 6.10 Å². The molecule has 1 atom stereocenters. The highest BCUT2D eigenvalue weighted by Gasteiger charge is 2.14. The van der Waals surface area contributed by atoms with Crippen LogP contribution in [0.5, 0.6) is 0 Å². The minimum atomic E-state index is 0.0405. The Bertz CT molecular complexity index is 85.3. The van der Waals surface area contributed by atoms with E-state index in [2.05, 4.69) is 0 Å². The van der Waals surface area contributed by atoms with Gasteiger partial charge in [-0.2, -0.15) is 0 Å². The lowest BCUT2D eigenvalue weighted by Gasteiger charge is -2.23. The maximum atomic E-state index is 5.39. The molecule has 0 bridgehead atoms. The van der Waals surface area contributed by atoms with Crippen LogP contribution >= 0.6 is 0 Å². The molecule has 2 heteroatoms. The van der Waals surface area contributed by atoms with Crippen LogP contribution in [0.4, 0.5) is 0 Å². The van der Waals surface area contributed by atoms with Crippen molar-refractivity contribution in [1.29, 1.82) is 0 Å². The van der Waals surface area contributed by atoms with E-state index in [0.717, 1.165) is 19.1 Å². The molecule has 1 saturated heterocycles. The fraction of sp³-hybridized carbons (Fsp3) is 0.875. The molecule has 1 fully saturated rings. The molecule has 0 spiro atoms.